The lowest BCUT2D eigenvalue weighted by atomic mass is 10.2. The van der Waals surface area contributed by atoms with Gasteiger partial charge in [-0.3, -0.25) is 9.10 Å². The second-order valence-corrected chi connectivity index (χ2v) is 9.03. The largest absolute Gasteiger partial charge is 0.497 e. The fourth-order valence-corrected chi connectivity index (χ4v) is 4.59. The van der Waals surface area contributed by atoms with Crippen molar-refractivity contribution in [2.24, 2.45) is 0 Å². The quantitative estimate of drug-likeness (QED) is 0.481. The van der Waals surface area contributed by atoms with E-state index in [1.165, 1.54) is 50.6 Å². The molecule has 10 heteroatoms. The zero-order chi connectivity index (χ0) is 24.0. The molecule has 3 aromatic rings. The standard InChI is InChI=1S/C23H21ClN2O6S/c1-31-18-8-6-7-17(14-18)26(33(29,30)19-9-4-3-5-10-19)15-22(27)25-21-13-16(23(28)32-2)11-12-20(21)24/h3-14H,15H2,1-2H3,(H,25,27). The summed E-state index contributed by atoms with van der Waals surface area (Å²) in [5.41, 5.74) is 0.564. The number of benzene rings is 3. The van der Waals surface area contributed by atoms with Gasteiger partial charge < -0.3 is 14.8 Å². The molecule has 172 valence electrons. The van der Waals surface area contributed by atoms with Crippen LogP contribution in [0.4, 0.5) is 11.4 Å². The molecule has 0 aliphatic carbocycles. The summed E-state index contributed by atoms with van der Waals surface area (Å²) in [6.45, 7) is -0.552. The first kappa shape index (κ1) is 24.1. The van der Waals surface area contributed by atoms with E-state index < -0.39 is 28.4 Å². The molecule has 1 amide bonds. The van der Waals surface area contributed by atoms with E-state index in [0.717, 1.165) is 4.31 Å². The van der Waals surface area contributed by atoms with Crippen LogP contribution in [0.1, 0.15) is 10.4 Å². The van der Waals surface area contributed by atoms with E-state index in [9.17, 15) is 18.0 Å². The molecule has 0 bridgehead atoms. The Bertz CT molecular complexity index is 1260. The number of carbonyl (C=O) groups is 2. The summed E-state index contributed by atoms with van der Waals surface area (Å²) in [7, 11) is -1.40. The Labute approximate surface area is 196 Å². The molecule has 0 heterocycles. The van der Waals surface area contributed by atoms with Crippen molar-refractivity contribution in [3.8, 4) is 5.75 Å². The first-order chi connectivity index (χ1) is 15.8. The fraction of sp³-hybridized carbons (Fsp3) is 0.130. The van der Waals surface area contributed by atoms with Crippen LogP contribution in [0, 0.1) is 0 Å². The summed E-state index contributed by atoms with van der Waals surface area (Å²) in [6.07, 6.45) is 0. The van der Waals surface area contributed by atoms with Gasteiger partial charge in [0.2, 0.25) is 5.91 Å². The van der Waals surface area contributed by atoms with Crippen LogP contribution in [-0.4, -0.2) is 41.1 Å². The number of nitrogens with one attached hydrogen (secondary N) is 1. The van der Waals surface area contributed by atoms with E-state index in [0.29, 0.717) is 5.75 Å². The lowest BCUT2D eigenvalue weighted by Crippen LogP contribution is -2.38. The number of anilines is 2. The Morgan fingerprint density at radius 1 is 0.970 bits per heavy atom. The summed E-state index contributed by atoms with van der Waals surface area (Å²) in [5, 5.41) is 2.74. The lowest BCUT2D eigenvalue weighted by Gasteiger charge is -2.24. The molecule has 33 heavy (non-hydrogen) atoms. The minimum atomic E-state index is -4.09. The number of hydrogen-bond donors (Lipinski definition) is 1. The molecule has 0 aliphatic heterocycles. The second kappa shape index (κ2) is 10.4. The summed E-state index contributed by atoms with van der Waals surface area (Å²) in [5.74, 6) is -0.844. The predicted octanol–water partition coefficient (Wildman–Crippen LogP) is 3.97. The number of methoxy groups -OCH3 is 2. The van der Waals surface area contributed by atoms with Crippen molar-refractivity contribution in [3.05, 3.63) is 83.4 Å². The van der Waals surface area contributed by atoms with E-state index in [2.05, 4.69) is 10.1 Å². The molecule has 3 rings (SSSR count). The van der Waals surface area contributed by atoms with E-state index in [1.807, 2.05) is 0 Å². The van der Waals surface area contributed by atoms with E-state index in [4.69, 9.17) is 16.3 Å². The highest BCUT2D eigenvalue weighted by molar-refractivity contribution is 7.92. The fourth-order valence-electron chi connectivity index (χ4n) is 2.99. The maximum atomic E-state index is 13.4. The second-order valence-electron chi connectivity index (χ2n) is 6.76. The number of nitrogens with zero attached hydrogens (tertiary/aromatic N) is 1. The van der Waals surface area contributed by atoms with Crippen LogP contribution in [0.2, 0.25) is 5.02 Å². The predicted molar refractivity (Wildman–Crippen MR) is 125 cm³/mol. The molecule has 0 saturated heterocycles. The smallest absolute Gasteiger partial charge is 0.337 e. The maximum Gasteiger partial charge on any atom is 0.337 e. The van der Waals surface area contributed by atoms with Crippen LogP contribution in [0.15, 0.2) is 77.7 Å². The highest BCUT2D eigenvalue weighted by Gasteiger charge is 2.27. The Balaban J connectivity index is 1.95. The normalized spacial score (nSPS) is 10.9. The number of halogens is 1. The minimum absolute atomic E-state index is 0.0198. The number of carbonyl (C=O) groups excluding carboxylic acids is 2. The highest BCUT2D eigenvalue weighted by Crippen LogP contribution is 2.28. The number of hydrogen-bond acceptors (Lipinski definition) is 6. The van der Waals surface area contributed by atoms with Gasteiger partial charge in [0.25, 0.3) is 10.0 Å². The van der Waals surface area contributed by atoms with Gasteiger partial charge in [0.05, 0.1) is 41.1 Å². The number of esters is 1. The molecule has 0 atom stereocenters. The summed E-state index contributed by atoms with van der Waals surface area (Å²) in [6, 6.07) is 18.4. The van der Waals surface area contributed by atoms with Gasteiger partial charge in [-0.25, -0.2) is 13.2 Å². The molecule has 0 radical (unpaired) electrons. The van der Waals surface area contributed by atoms with Gasteiger partial charge in [-0.05, 0) is 42.5 Å². The van der Waals surface area contributed by atoms with E-state index in [1.54, 1.807) is 36.4 Å². The Morgan fingerprint density at radius 3 is 2.36 bits per heavy atom. The zero-order valence-electron chi connectivity index (χ0n) is 17.8. The summed E-state index contributed by atoms with van der Waals surface area (Å²) in [4.78, 5) is 24.7. The molecule has 0 spiro atoms. The Kier molecular flexibility index (Phi) is 7.57. The van der Waals surface area contributed by atoms with Crippen LogP contribution < -0.4 is 14.4 Å². The number of sulfonamides is 1. The van der Waals surface area contributed by atoms with Crippen molar-refractivity contribution < 1.29 is 27.5 Å². The van der Waals surface area contributed by atoms with Crippen LogP contribution in [0.5, 0.6) is 5.75 Å². The van der Waals surface area contributed by atoms with Crippen LogP contribution >= 0.6 is 11.6 Å². The Morgan fingerprint density at radius 2 is 1.70 bits per heavy atom. The molecule has 3 aromatic carbocycles. The van der Waals surface area contributed by atoms with Crippen molar-refractivity contribution in [3.63, 3.8) is 0 Å². The van der Waals surface area contributed by atoms with Crippen LogP contribution in [0.3, 0.4) is 0 Å². The molecule has 0 unspecified atom stereocenters. The first-order valence-electron chi connectivity index (χ1n) is 9.66. The first-order valence-corrected chi connectivity index (χ1v) is 11.5. The average molecular weight is 489 g/mol. The van der Waals surface area contributed by atoms with E-state index >= 15 is 0 Å². The monoisotopic (exact) mass is 488 g/mol. The van der Waals surface area contributed by atoms with Gasteiger partial charge in [0.1, 0.15) is 12.3 Å². The third-order valence-corrected chi connectivity index (χ3v) is 6.74. The summed E-state index contributed by atoms with van der Waals surface area (Å²) >= 11 is 6.15. The molecule has 0 aliphatic rings. The average Bonchev–Trinajstić information content (AvgIpc) is 2.83. The number of ether oxygens (including phenoxy) is 2. The zero-order valence-corrected chi connectivity index (χ0v) is 19.4. The van der Waals surface area contributed by atoms with Gasteiger partial charge in [-0.15, -0.1) is 0 Å². The van der Waals surface area contributed by atoms with Crippen molar-refractivity contribution in [2.75, 3.05) is 30.4 Å². The highest BCUT2D eigenvalue weighted by atomic mass is 35.5. The van der Waals surface area contributed by atoms with Gasteiger partial charge >= 0.3 is 5.97 Å². The molecule has 0 aromatic heterocycles. The number of amides is 1. The van der Waals surface area contributed by atoms with Crippen LogP contribution in [0.25, 0.3) is 0 Å². The molecular formula is C23H21ClN2O6S. The van der Waals surface area contributed by atoms with Crippen molar-refractivity contribution in [1.29, 1.82) is 0 Å². The Hall–Kier alpha value is -3.56. The topological polar surface area (TPSA) is 102 Å². The van der Waals surface area contributed by atoms with Crippen molar-refractivity contribution in [1.82, 2.24) is 0 Å². The van der Waals surface area contributed by atoms with Crippen molar-refractivity contribution in [2.45, 2.75) is 4.90 Å². The lowest BCUT2D eigenvalue weighted by molar-refractivity contribution is -0.114. The molecular weight excluding hydrogens is 468 g/mol. The minimum Gasteiger partial charge on any atom is -0.497 e. The van der Waals surface area contributed by atoms with Gasteiger partial charge in [-0.1, -0.05) is 35.9 Å². The van der Waals surface area contributed by atoms with Gasteiger partial charge in [-0.2, -0.15) is 0 Å². The third kappa shape index (κ3) is 5.63. The van der Waals surface area contributed by atoms with Crippen molar-refractivity contribution >= 4 is 44.9 Å². The number of rotatable bonds is 8. The molecule has 0 saturated carbocycles. The maximum absolute atomic E-state index is 13.4. The molecule has 1 N–H and O–H groups in total. The van der Waals surface area contributed by atoms with Gasteiger partial charge in [0, 0.05) is 6.07 Å². The van der Waals surface area contributed by atoms with Gasteiger partial charge in [0.15, 0.2) is 0 Å². The molecule has 0 fully saturated rings. The van der Waals surface area contributed by atoms with E-state index in [-0.39, 0.29) is 26.9 Å². The third-order valence-electron chi connectivity index (χ3n) is 4.62. The summed E-state index contributed by atoms with van der Waals surface area (Å²) < 4.78 is 37.6. The molecule has 8 nitrogen and oxygen atoms in total. The van der Waals surface area contributed by atoms with Crippen LogP contribution in [-0.2, 0) is 19.6 Å². The SMILES string of the molecule is COC(=O)c1ccc(Cl)c(NC(=O)CN(c2cccc(OC)c2)S(=O)(=O)c2ccccc2)c1.